The minimum absolute atomic E-state index is 0.0650. The van der Waals surface area contributed by atoms with Crippen molar-refractivity contribution in [3.8, 4) is 17.1 Å². The molecule has 1 aliphatic rings. The van der Waals surface area contributed by atoms with Gasteiger partial charge in [-0.05, 0) is 12.1 Å². The zero-order chi connectivity index (χ0) is 19.1. The molecule has 0 radical (unpaired) electrons. The van der Waals surface area contributed by atoms with E-state index in [0.29, 0.717) is 22.8 Å². The van der Waals surface area contributed by atoms with E-state index in [2.05, 4.69) is 10.2 Å². The van der Waals surface area contributed by atoms with Crippen molar-refractivity contribution in [2.75, 3.05) is 0 Å². The predicted octanol–water partition coefficient (Wildman–Crippen LogP) is 4.56. The average molecular weight is 365 g/mol. The Morgan fingerprint density at radius 1 is 0.679 bits per heavy atom. The first-order chi connectivity index (χ1) is 13.8. The van der Waals surface area contributed by atoms with Crippen LogP contribution in [0.25, 0.3) is 28.4 Å². The Bertz CT molecular complexity index is 1230. The van der Waals surface area contributed by atoms with Crippen molar-refractivity contribution in [1.29, 1.82) is 0 Å². The molecule has 0 spiro atoms. The molecular weight excluding hydrogens is 350 g/mol. The van der Waals surface area contributed by atoms with Gasteiger partial charge in [0.25, 0.3) is 0 Å². The minimum atomic E-state index is -0.253. The molecule has 5 heteroatoms. The maximum atomic E-state index is 13.0. The number of hydrogen-bond donors (Lipinski definition) is 1. The second-order valence-electron chi connectivity index (χ2n) is 6.48. The van der Waals surface area contributed by atoms with Crippen LogP contribution in [-0.2, 0) is 0 Å². The van der Waals surface area contributed by atoms with Gasteiger partial charge in [-0.3, -0.25) is 9.36 Å². The van der Waals surface area contributed by atoms with Gasteiger partial charge in [0.05, 0.1) is 0 Å². The van der Waals surface area contributed by atoms with E-state index in [9.17, 15) is 9.90 Å². The van der Waals surface area contributed by atoms with Gasteiger partial charge in [0.1, 0.15) is 11.3 Å². The number of rotatable bonds is 3. The molecule has 0 unspecified atom stereocenters. The van der Waals surface area contributed by atoms with Gasteiger partial charge in [-0.15, -0.1) is 10.2 Å². The van der Waals surface area contributed by atoms with E-state index in [4.69, 9.17) is 0 Å². The zero-order valence-corrected chi connectivity index (χ0v) is 14.8. The van der Waals surface area contributed by atoms with Crippen LogP contribution >= 0.6 is 0 Å². The number of hydrogen-bond acceptors (Lipinski definition) is 4. The molecule has 4 aromatic rings. The Morgan fingerprint density at radius 3 is 1.93 bits per heavy atom. The van der Waals surface area contributed by atoms with Crippen LogP contribution in [0.3, 0.4) is 0 Å². The van der Waals surface area contributed by atoms with E-state index < -0.39 is 0 Å². The molecule has 1 aromatic heterocycles. The highest BCUT2D eigenvalue weighted by Crippen LogP contribution is 2.37. The van der Waals surface area contributed by atoms with Crippen LogP contribution in [0.1, 0.15) is 21.7 Å². The molecule has 0 amide bonds. The topological polar surface area (TPSA) is 68.0 Å². The molecule has 3 aromatic carbocycles. The summed E-state index contributed by atoms with van der Waals surface area (Å²) in [5.74, 6) is 0.608. The number of nitrogens with zero attached hydrogens (tertiary/aromatic N) is 3. The number of aromatic nitrogens is 3. The Hall–Kier alpha value is -3.99. The predicted molar refractivity (Wildman–Crippen MR) is 107 cm³/mol. The summed E-state index contributed by atoms with van der Waals surface area (Å²) in [4.78, 5) is 13.0. The number of Topliss-reactive ketones (excluding diaryl/α,β-unsaturated/α-hetero) is 1. The molecule has 1 aliphatic carbocycles. The lowest BCUT2D eigenvalue weighted by Crippen LogP contribution is -2.07. The molecular formula is C23H15N3O2. The van der Waals surface area contributed by atoms with Crippen LogP contribution in [0.2, 0.25) is 0 Å². The van der Waals surface area contributed by atoms with Crippen LogP contribution in [0.15, 0.2) is 84.9 Å². The summed E-state index contributed by atoms with van der Waals surface area (Å²) in [5.41, 5.74) is 2.84. The van der Waals surface area contributed by atoms with Crippen molar-refractivity contribution >= 4 is 17.1 Å². The van der Waals surface area contributed by atoms with Gasteiger partial charge in [-0.2, -0.15) is 0 Å². The lowest BCUT2D eigenvalue weighted by Gasteiger charge is -2.11. The van der Waals surface area contributed by atoms with Crippen molar-refractivity contribution in [1.82, 2.24) is 14.8 Å². The molecule has 28 heavy (non-hydrogen) atoms. The van der Waals surface area contributed by atoms with Crippen LogP contribution in [0, 0.1) is 0 Å². The number of allylic oxidation sites excluding steroid dienone is 1. The van der Waals surface area contributed by atoms with Crippen LogP contribution in [0.5, 0.6) is 0 Å². The second kappa shape index (κ2) is 6.32. The van der Waals surface area contributed by atoms with Crippen molar-refractivity contribution in [2.24, 2.45) is 0 Å². The molecule has 134 valence electrons. The van der Waals surface area contributed by atoms with Gasteiger partial charge in [0.2, 0.25) is 5.78 Å². The van der Waals surface area contributed by atoms with E-state index in [0.717, 1.165) is 11.3 Å². The Morgan fingerprint density at radius 2 is 1.25 bits per heavy atom. The quantitative estimate of drug-likeness (QED) is 0.578. The highest BCUT2D eigenvalue weighted by atomic mass is 16.3. The van der Waals surface area contributed by atoms with Crippen LogP contribution < -0.4 is 0 Å². The molecule has 0 saturated heterocycles. The first-order valence-electron chi connectivity index (χ1n) is 8.89. The number of ketones is 1. The number of carbonyl (C=O) groups excluding carboxylic acids is 1. The normalized spacial score (nSPS) is 13.1. The summed E-state index contributed by atoms with van der Waals surface area (Å²) < 4.78 is 1.81. The highest BCUT2D eigenvalue weighted by molar-refractivity contribution is 6.38. The van der Waals surface area contributed by atoms with Crippen molar-refractivity contribution in [2.45, 2.75) is 0 Å². The third kappa shape index (κ3) is 2.37. The molecule has 0 fully saturated rings. The molecule has 0 bridgehead atoms. The van der Waals surface area contributed by atoms with E-state index in [1.165, 1.54) is 0 Å². The highest BCUT2D eigenvalue weighted by Gasteiger charge is 2.34. The standard InChI is InChI=1S/C23H15N3O2/c27-20-17-13-7-8-14-18(17)21(28)19(20)23-25-24-22(15-9-3-1-4-10-15)26(23)16-11-5-2-6-12-16/h1-14,27H. The molecule has 1 N–H and O–H groups in total. The second-order valence-corrected chi connectivity index (χ2v) is 6.48. The zero-order valence-electron chi connectivity index (χ0n) is 14.8. The Labute approximate surface area is 161 Å². The first-order valence-corrected chi connectivity index (χ1v) is 8.89. The average Bonchev–Trinajstić information content (AvgIpc) is 3.29. The molecule has 0 aliphatic heterocycles. The summed E-state index contributed by atoms with van der Waals surface area (Å²) in [7, 11) is 0. The fourth-order valence-electron chi connectivity index (χ4n) is 3.51. The van der Waals surface area contributed by atoms with Gasteiger partial charge in [0.15, 0.2) is 11.6 Å². The first kappa shape index (κ1) is 16.2. The lowest BCUT2D eigenvalue weighted by atomic mass is 10.1. The third-order valence-corrected chi connectivity index (χ3v) is 4.82. The van der Waals surface area contributed by atoms with E-state index in [1.54, 1.807) is 24.3 Å². The molecule has 5 rings (SSSR count). The molecule has 5 nitrogen and oxygen atoms in total. The van der Waals surface area contributed by atoms with E-state index in [-0.39, 0.29) is 17.1 Å². The minimum Gasteiger partial charge on any atom is -0.506 e. The van der Waals surface area contributed by atoms with Gasteiger partial charge in [0, 0.05) is 22.4 Å². The number of fused-ring (bicyclic) bond motifs is 1. The fourth-order valence-corrected chi connectivity index (χ4v) is 3.51. The summed E-state index contributed by atoms with van der Waals surface area (Å²) in [6, 6.07) is 26.2. The lowest BCUT2D eigenvalue weighted by molar-refractivity contribution is 0.105. The maximum absolute atomic E-state index is 13.0. The Kier molecular flexibility index (Phi) is 3.66. The van der Waals surface area contributed by atoms with Crippen LogP contribution in [-0.4, -0.2) is 25.7 Å². The number of aliphatic hydroxyl groups is 1. The summed E-state index contributed by atoms with van der Waals surface area (Å²) >= 11 is 0. The van der Waals surface area contributed by atoms with Gasteiger partial charge < -0.3 is 5.11 Å². The van der Waals surface area contributed by atoms with Gasteiger partial charge in [-0.1, -0.05) is 72.8 Å². The Balaban J connectivity index is 1.78. The summed E-state index contributed by atoms with van der Waals surface area (Å²) in [5, 5.41) is 19.5. The SMILES string of the molecule is O=C1C(c2nnc(-c3ccccc3)n2-c2ccccc2)=C(O)c2ccccc21. The fraction of sp³-hybridized carbons (Fsp3) is 0. The monoisotopic (exact) mass is 365 g/mol. The van der Waals surface area contributed by atoms with E-state index >= 15 is 0 Å². The largest absolute Gasteiger partial charge is 0.506 e. The summed E-state index contributed by atoms with van der Waals surface area (Å²) in [6.07, 6.45) is 0. The van der Waals surface area contributed by atoms with Crippen molar-refractivity contribution in [3.05, 3.63) is 102 Å². The summed E-state index contributed by atoms with van der Waals surface area (Å²) in [6.45, 7) is 0. The molecule has 0 atom stereocenters. The smallest absolute Gasteiger partial charge is 0.201 e. The van der Waals surface area contributed by atoms with Gasteiger partial charge in [-0.25, -0.2) is 0 Å². The van der Waals surface area contributed by atoms with E-state index in [1.807, 2.05) is 65.2 Å². The van der Waals surface area contributed by atoms with Crippen molar-refractivity contribution < 1.29 is 9.90 Å². The van der Waals surface area contributed by atoms with Crippen LogP contribution in [0.4, 0.5) is 0 Å². The number of benzene rings is 3. The maximum Gasteiger partial charge on any atom is 0.201 e. The van der Waals surface area contributed by atoms with Crippen molar-refractivity contribution in [3.63, 3.8) is 0 Å². The number of aliphatic hydroxyl groups excluding tert-OH is 1. The molecule has 1 heterocycles. The van der Waals surface area contributed by atoms with Gasteiger partial charge >= 0.3 is 0 Å². The molecule has 0 saturated carbocycles. The number of carbonyl (C=O) groups is 1. The third-order valence-electron chi connectivity index (χ3n) is 4.82. The number of para-hydroxylation sites is 1.